The number of para-hydroxylation sites is 3. The Kier molecular flexibility index (Phi) is 6.76. The summed E-state index contributed by atoms with van der Waals surface area (Å²) in [6, 6.07) is 66.6. The van der Waals surface area contributed by atoms with Gasteiger partial charge in [0.15, 0.2) is 5.58 Å². The monoisotopic (exact) mass is 705 g/mol. The smallest absolute Gasteiger partial charge is 0.159 e. The van der Waals surface area contributed by atoms with Crippen molar-refractivity contribution in [2.75, 3.05) is 4.90 Å². The number of anilines is 3. The molecule has 2 heteroatoms. The average molecular weight is 706 g/mol. The van der Waals surface area contributed by atoms with Crippen LogP contribution in [0.2, 0.25) is 0 Å². The highest BCUT2D eigenvalue weighted by molar-refractivity contribution is 6.11. The van der Waals surface area contributed by atoms with Gasteiger partial charge in [0.25, 0.3) is 0 Å². The van der Waals surface area contributed by atoms with Crippen molar-refractivity contribution in [3.63, 3.8) is 0 Å². The maximum absolute atomic E-state index is 6.81. The summed E-state index contributed by atoms with van der Waals surface area (Å²) in [4.78, 5) is 2.45. The lowest BCUT2D eigenvalue weighted by molar-refractivity contribution is 0.662. The molecule has 1 atom stereocenters. The molecule has 0 saturated carbocycles. The van der Waals surface area contributed by atoms with Crippen LogP contribution in [0.1, 0.15) is 48.6 Å². The molecule has 9 aromatic rings. The minimum atomic E-state index is -0.337. The van der Waals surface area contributed by atoms with Gasteiger partial charge in [-0.15, -0.1) is 0 Å². The van der Waals surface area contributed by atoms with Gasteiger partial charge in [0.2, 0.25) is 0 Å². The summed E-state index contributed by atoms with van der Waals surface area (Å²) in [6.45, 7) is 7.14. The van der Waals surface area contributed by atoms with Crippen molar-refractivity contribution in [3.05, 3.63) is 210 Å². The van der Waals surface area contributed by atoms with Crippen molar-refractivity contribution >= 4 is 39.0 Å². The second-order valence-corrected chi connectivity index (χ2v) is 15.8. The van der Waals surface area contributed by atoms with Crippen LogP contribution < -0.4 is 4.90 Å². The van der Waals surface area contributed by atoms with E-state index in [-0.39, 0.29) is 10.8 Å². The Labute approximate surface area is 322 Å². The Bertz CT molecular complexity index is 2990. The number of rotatable bonds is 5. The molecular formula is C53H39NO. The molecule has 2 aliphatic carbocycles. The van der Waals surface area contributed by atoms with E-state index in [9.17, 15) is 0 Å². The highest BCUT2D eigenvalue weighted by Gasteiger charge is 2.42. The SMILES string of the molecule is CC1(C)c2ccccc2-c2cccc(-c3ccccc3N(c3ccc4c(c3)C(C)(c3ccccc3)c3ccccc3-4)c3cccc4c3oc3ccccc34)c21. The van der Waals surface area contributed by atoms with Crippen molar-refractivity contribution in [2.45, 2.75) is 31.6 Å². The summed E-state index contributed by atoms with van der Waals surface area (Å²) >= 11 is 0. The third-order valence-electron chi connectivity index (χ3n) is 12.5. The maximum Gasteiger partial charge on any atom is 0.159 e. The normalized spacial score (nSPS) is 16.1. The van der Waals surface area contributed by atoms with E-state index >= 15 is 0 Å². The second kappa shape index (κ2) is 11.7. The number of hydrogen-bond donors (Lipinski definition) is 0. The van der Waals surface area contributed by atoms with Crippen molar-refractivity contribution in [2.24, 2.45) is 0 Å². The molecule has 0 saturated heterocycles. The van der Waals surface area contributed by atoms with Crippen LogP contribution in [-0.4, -0.2) is 0 Å². The predicted octanol–water partition coefficient (Wildman–Crippen LogP) is 14.4. The first-order valence-electron chi connectivity index (χ1n) is 19.3. The van der Waals surface area contributed by atoms with Crippen LogP contribution in [0.15, 0.2) is 186 Å². The molecular weight excluding hydrogens is 667 g/mol. The molecule has 2 aliphatic rings. The summed E-state index contributed by atoms with van der Waals surface area (Å²) in [5.74, 6) is 0. The summed E-state index contributed by atoms with van der Waals surface area (Å²) in [5, 5.41) is 2.23. The summed E-state index contributed by atoms with van der Waals surface area (Å²) in [7, 11) is 0. The minimum absolute atomic E-state index is 0.171. The van der Waals surface area contributed by atoms with Crippen LogP contribution in [0.25, 0.3) is 55.3 Å². The van der Waals surface area contributed by atoms with Gasteiger partial charge in [-0.2, -0.15) is 0 Å². The molecule has 0 spiro atoms. The fourth-order valence-electron chi connectivity index (χ4n) is 9.99. The molecule has 0 radical (unpaired) electrons. The van der Waals surface area contributed by atoms with Gasteiger partial charge in [-0.05, 0) is 92.9 Å². The number of hydrogen-bond acceptors (Lipinski definition) is 2. The van der Waals surface area contributed by atoms with E-state index in [2.05, 4.69) is 208 Å². The number of fused-ring (bicyclic) bond motifs is 9. The molecule has 262 valence electrons. The second-order valence-electron chi connectivity index (χ2n) is 15.8. The van der Waals surface area contributed by atoms with Crippen molar-refractivity contribution in [1.82, 2.24) is 0 Å². The zero-order chi connectivity index (χ0) is 36.9. The highest BCUT2D eigenvalue weighted by Crippen LogP contribution is 2.56. The molecule has 2 nitrogen and oxygen atoms in total. The molecule has 1 aromatic heterocycles. The molecule has 0 bridgehead atoms. The van der Waals surface area contributed by atoms with E-state index in [1.807, 2.05) is 0 Å². The fourth-order valence-corrected chi connectivity index (χ4v) is 9.99. The van der Waals surface area contributed by atoms with Crippen molar-refractivity contribution in [3.8, 4) is 33.4 Å². The van der Waals surface area contributed by atoms with Gasteiger partial charge in [-0.1, -0.05) is 166 Å². The minimum Gasteiger partial charge on any atom is -0.454 e. The largest absolute Gasteiger partial charge is 0.454 e. The highest BCUT2D eigenvalue weighted by atomic mass is 16.3. The first-order chi connectivity index (χ1) is 26.9. The first-order valence-corrected chi connectivity index (χ1v) is 19.3. The van der Waals surface area contributed by atoms with Crippen LogP contribution in [0.5, 0.6) is 0 Å². The fraction of sp³-hybridized carbons (Fsp3) is 0.0943. The zero-order valence-electron chi connectivity index (χ0n) is 31.2. The molecule has 0 amide bonds. The molecule has 1 heterocycles. The molecule has 8 aromatic carbocycles. The van der Waals surface area contributed by atoms with Gasteiger partial charge in [-0.3, -0.25) is 0 Å². The van der Waals surface area contributed by atoms with Crippen LogP contribution in [0.4, 0.5) is 17.1 Å². The third-order valence-corrected chi connectivity index (χ3v) is 12.5. The lowest BCUT2D eigenvalue weighted by Gasteiger charge is -2.32. The van der Waals surface area contributed by atoms with E-state index in [4.69, 9.17) is 4.42 Å². The Hall–Kier alpha value is -6.64. The summed E-state index contributed by atoms with van der Waals surface area (Å²) in [6.07, 6.45) is 0. The van der Waals surface area contributed by atoms with E-state index in [1.165, 1.54) is 61.2 Å². The summed E-state index contributed by atoms with van der Waals surface area (Å²) in [5.41, 5.74) is 18.8. The summed E-state index contributed by atoms with van der Waals surface area (Å²) < 4.78 is 6.81. The van der Waals surface area contributed by atoms with Crippen molar-refractivity contribution < 1.29 is 4.42 Å². The van der Waals surface area contributed by atoms with E-state index in [1.54, 1.807) is 0 Å². The third kappa shape index (κ3) is 4.43. The van der Waals surface area contributed by atoms with Crippen LogP contribution in [-0.2, 0) is 10.8 Å². The van der Waals surface area contributed by atoms with Crippen LogP contribution >= 0.6 is 0 Å². The molecule has 0 N–H and O–H groups in total. The Morgan fingerprint density at radius 3 is 1.80 bits per heavy atom. The van der Waals surface area contributed by atoms with E-state index < -0.39 is 0 Å². The van der Waals surface area contributed by atoms with Crippen molar-refractivity contribution in [1.29, 1.82) is 0 Å². The van der Waals surface area contributed by atoms with Gasteiger partial charge >= 0.3 is 0 Å². The number of nitrogens with zero attached hydrogens (tertiary/aromatic N) is 1. The number of furan rings is 1. The lowest BCUT2D eigenvalue weighted by Crippen LogP contribution is -2.23. The van der Waals surface area contributed by atoms with E-state index in [0.29, 0.717) is 0 Å². The average Bonchev–Trinajstić information content (AvgIpc) is 3.83. The predicted molar refractivity (Wildman–Crippen MR) is 229 cm³/mol. The van der Waals surface area contributed by atoms with Gasteiger partial charge in [0.1, 0.15) is 5.58 Å². The Morgan fingerprint density at radius 2 is 0.982 bits per heavy atom. The van der Waals surface area contributed by atoms with Crippen LogP contribution in [0.3, 0.4) is 0 Å². The zero-order valence-corrected chi connectivity index (χ0v) is 31.2. The molecule has 55 heavy (non-hydrogen) atoms. The standard InChI is InChI=1S/C53H39NO/c1-52(2)44-26-11-7-20-37(44)41-23-15-24-42(50(41)52)39-21-9-13-28-47(39)54(48-29-16-25-43-40-22-10-14-30-49(40)55-51(43)48)35-31-32-38-36-19-8-12-27-45(36)53(3,46(38)33-35)34-17-5-4-6-18-34/h4-33H,1-3H3. The maximum atomic E-state index is 6.81. The van der Waals surface area contributed by atoms with Gasteiger partial charge in [0, 0.05) is 32.9 Å². The van der Waals surface area contributed by atoms with Gasteiger partial charge < -0.3 is 9.32 Å². The topological polar surface area (TPSA) is 16.4 Å². The molecule has 11 rings (SSSR count). The van der Waals surface area contributed by atoms with Crippen LogP contribution in [0, 0.1) is 0 Å². The Balaban J connectivity index is 1.20. The molecule has 1 unspecified atom stereocenters. The van der Waals surface area contributed by atoms with Gasteiger partial charge in [0.05, 0.1) is 11.4 Å². The Morgan fingerprint density at radius 1 is 0.418 bits per heavy atom. The quantitative estimate of drug-likeness (QED) is 0.177. The van der Waals surface area contributed by atoms with E-state index in [0.717, 1.165) is 39.0 Å². The molecule has 0 fully saturated rings. The lowest BCUT2D eigenvalue weighted by atomic mass is 9.74. The first kappa shape index (κ1) is 31.8. The molecule has 0 aliphatic heterocycles. The van der Waals surface area contributed by atoms with Gasteiger partial charge in [-0.25, -0.2) is 0 Å². The number of benzene rings is 8.